The fourth-order valence-corrected chi connectivity index (χ4v) is 5.48. The maximum Gasteiger partial charge on any atom is 0.267 e. The number of rotatable bonds is 9. The van der Waals surface area contributed by atoms with E-state index in [0.29, 0.717) is 23.8 Å². The molecule has 198 valence electrons. The standard InChI is InChI=1S/C30H40N4O3/c1-36-28-20-24-19-27(32-26(24)21-29(28)37-22-23-9-5-4-6-10-23)30(35)31-25-11-15-34(16-12-25)18-17-33-13-7-2-3-8-14-33/h4-6,9-10,19-21,25,32H,2-3,7-8,11-18,22H2,1H3,(H,31,35). The quantitative estimate of drug-likeness (QED) is 0.437. The molecule has 2 fully saturated rings. The molecule has 0 unspecified atom stereocenters. The molecule has 2 aromatic carbocycles. The molecule has 0 atom stereocenters. The van der Waals surface area contributed by atoms with Crippen LogP contribution in [0.5, 0.6) is 11.5 Å². The highest BCUT2D eigenvalue weighted by Gasteiger charge is 2.23. The van der Waals surface area contributed by atoms with Crippen LogP contribution < -0.4 is 14.8 Å². The summed E-state index contributed by atoms with van der Waals surface area (Å²) in [5, 5.41) is 4.18. The molecule has 1 amide bonds. The van der Waals surface area contributed by atoms with Crippen LogP contribution >= 0.6 is 0 Å². The van der Waals surface area contributed by atoms with Crippen molar-refractivity contribution in [3.63, 3.8) is 0 Å². The SMILES string of the molecule is COc1cc2cc(C(=O)NC3CCN(CCN4CCCCCC4)CC3)[nH]c2cc1OCc1ccccc1. The Morgan fingerprint density at radius 3 is 2.32 bits per heavy atom. The van der Waals surface area contributed by atoms with Crippen LogP contribution in [0.3, 0.4) is 0 Å². The van der Waals surface area contributed by atoms with Gasteiger partial charge in [-0.15, -0.1) is 0 Å². The predicted molar refractivity (Wildman–Crippen MR) is 147 cm³/mol. The van der Waals surface area contributed by atoms with Gasteiger partial charge < -0.3 is 29.6 Å². The number of amides is 1. The number of fused-ring (bicyclic) bond motifs is 1. The molecule has 2 aliphatic heterocycles. The molecule has 2 N–H and O–H groups in total. The molecule has 0 aliphatic carbocycles. The van der Waals surface area contributed by atoms with E-state index in [2.05, 4.69) is 20.1 Å². The summed E-state index contributed by atoms with van der Waals surface area (Å²) in [6.07, 6.45) is 7.45. The largest absolute Gasteiger partial charge is 0.493 e. The van der Waals surface area contributed by atoms with Gasteiger partial charge in [0.25, 0.3) is 5.91 Å². The topological polar surface area (TPSA) is 69.8 Å². The maximum absolute atomic E-state index is 13.1. The fraction of sp³-hybridized carbons (Fsp3) is 0.500. The van der Waals surface area contributed by atoms with E-state index in [-0.39, 0.29) is 11.9 Å². The molecule has 2 aliphatic rings. The molecule has 0 saturated carbocycles. The predicted octanol–water partition coefficient (Wildman–Crippen LogP) is 4.83. The van der Waals surface area contributed by atoms with Crippen LogP contribution in [0.15, 0.2) is 48.5 Å². The summed E-state index contributed by atoms with van der Waals surface area (Å²) >= 11 is 0. The summed E-state index contributed by atoms with van der Waals surface area (Å²) < 4.78 is 11.6. The fourth-order valence-electron chi connectivity index (χ4n) is 5.48. The molecular weight excluding hydrogens is 464 g/mol. The minimum Gasteiger partial charge on any atom is -0.493 e. The summed E-state index contributed by atoms with van der Waals surface area (Å²) in [6.45, 7) is 7.36. The Balaban J connectivity index is 1.14. The minimum atomic E-state index is -0.0510. The van der Waals surface area contributed by atoms with Crippen LogP contribution in [-0.4, -0.2) is 73.1 Å². The van der Waals surface area contributed by atoms with E-state index in [1.165, 1.54) is 45.3 Å². The van der Waals surface area contributed by atoms with E-state index in [1.54, 1.807) is 7.11 Å². The van der Waals surface area contributed by atoms with Gasteiger partial charge in [-0.2, -0.15) is 0 Å². The first kappa shape index (κ1) is 25.6. The number of piperidine rings is 1. The van der Waals surface area contributed by atoms with Gasteiger partial charge in [-0.05, 0) is 56.5 Å². The number of nitrogens with one attached hydrogen (secondary N) is 2. The number of nitrogens with zero attached hydrogens (tertiary/aromatic N) is 2. The van der Waals surface area contributed by atoms with E-state index in [9.17, 15) is 4.79 Å². The number of carbonyl (C=O) groups is 1. The van der Waals surface area contributed by atoms with Crippen molar-refractivity contribution in [2.24, 2.45) is 0 Å². The third-order valence-electron chi connectivity index (χ3n) is 7.74. The number of ether oxygens (including phenoxy) is 2. The average molecular weight is 505 g/mol. The van der Waals surface area contributed by atoms with Crippen molar-refractivity contribution >= 4 is 16.8 Å². The molecular formula is C30H40N4O3. The lowest BCUT2D eigenvalue weighted by molar-refractivity contribution is 0.0902. The first-order valence-corrected chi connectivity index (χ1v) is 13.8. The lowest BCUT2D eigenvalue weighted by atomic mass is 10.0. The summed E-state index contributed by atoms with van der Waals surface area (Å²) in [4.78, 5) is 21.5. The minimum absolute atomic E-state index is 0.0510. The Morgan fingerprint density at radius 2 is 1.62 bits per heavy atom. The molecule has 3 heterocycles. The molecule has 0 spiro atoms. The van der Waals surface area contributed by atoms with Crippen molar-refractivity contribution in [3.05, 3.63) is 59.8 Å². The zero-order valence-electron chi connectivity index (χ0n) is 22.0. The van der Waals surface area contributed by atoms with Gasteiger partial charge in [0.1, 0.15) is 12.3 Å². The van der Waals surface area contributed by atoms with Gasteiger partial charge in [0.15, 0.2) is 11.5 Å². The second-order valence-corrected chi connectivity index (χ2v) is 10.4. The van der Waals surface area contributed by atoms with Gasteiger partial charge >= 0.3 is 0 Å². The van der Waals surface area contributed by atoms with Gasteiger partial charge in [-0.3, -0.25) is 4.79 Å². The first-order valence-electron chi connectivity index (χ1n) is 13.8. The van der Waals surface area contributed by atoms with Crippen LogP contribution in [0.25, 0.3) is 10.9 Å². The van der Waals surface area contributed by atoms with Crippen molar-refractivity contribution in [2.45, 2.75) is 51.2 Å². The van der Waals surface area contributed by atoms with Gasteiger partial charge in [0, 0.05) is 49.2 Å². The van der Waals surface area contributed by atoms with Gasteiger partial charge in [0.05, 0.1) is 7.11 Å². The molecule has 7 nitrogen and oxygen atoms in total. The highest BCUT2D eigenvalue weighted by atomic mass is 16.5. The molecule has 0 bridgehead atoms. The van der Waals surface area contributed by atoms with Crippen molar-refractivity contribution in [1.82, 2.24) is 20.1 Å². The Labute approximate surface area is 220 Å². The molecule has 5 rings (SSSR count). The van der Waals surface area contributed by atoms with Crippen LogP contribution in [0, 0.1) is 0 Å². The number of aromatic amines is 1. The van der Waals surface area contributed by atoms with Crippen molar-refractivity contribution in [3.8, 4) is 11.5 Å². The Morgan fingerprint density at radius 1 is 0.919 bits per heavy atom. The second-order valence-electron chi connectivity index (χ2n) is 10.4. The first-order chi connectivity index (χ1) is 18.2. The third kappa shape index (κ3) is 6.84. The number of hydrogen-bond acceptors (Lipinski definition) is 5. The average Bonchev–Trinajstić information content (AvgIpc) is 3.17. The van der Waals surface area contributed by atoms with Crippen molar-refractivity contribution < 1.29 is 14.3 Å². The van der Waals surface area contributed by atoms with E-state index < -0.39 is 0 Å². The third-order valence-corrected chi connectivity index (χ3v) is 7.74. The second kappa shape index (κ2) is 12.5. The summed E-state index contributed by atoms with van der Waals surface area (Å²) in [7, 11) is 1.64. The normalized spacial score (nSPS) is 18.0. The number of H-pyrrole nitrogens is 1. The Hall–Kier alpha value is -3.03. The lowest BCUT2D eigenvalue weighted by Gasteiger charge is -2.33. The van der Waals surface area contributed by atoms with Gasteiger partial charge in [0.2, 0.25) is 0 Å². The monoisotopic (exact) mass is 504 g/mol. The van der Waals surface area contributed by atoms with Crippen LogP contribution in [0.2, 0.25) is 0 Å². The van der Waals surface area contributed by atoms with E-state index in [1.807, 2.05) is 48.5 Å². The van der Waals surface area contributed by atoms with Crippen molar-refractivity contribution in [1.29, 1.82) is 0 Å². The highest BCUT2D eigenvalue weighted by molar-refractivity contribution is 5.98. The Kier molecular flexibility index (Phi) is 8.64. The molecule has 0 radical (unpaired) electrons. The zero-order valence-corrected chi connectivity index (χ0v) is 22.0. The van der Waals surface area contributed by atoms with E-state index in [4.69, 9.17) is 9.47 Å². The van der Waals surface area contributed by atoms with Crippen molar-refractivity contribution in [2.75, 3.05) is 46.4 Å². The number of hydrogen-bond donors (Lipinski definition) is 2. The highest BCUT2D eigenvalue weighted by Crippen LogP contribution is 2.33. The number of aromatic nitrogens is 1. The summed E-state index contributed by atoms with van der Waals surface area (Å²) in [5.74, 6) is 1.26. The Bertz CT molecular complexity index is 1150. The zero-order chi connectivity index (χ0) is 25.5. The number of carbonyl (C=O) groups excluding carboxylic acids is 1. The summed E-state index contributed by atoms with van der Waals surface area (Å²) in [5.41, 5.74) is 2.52. The number of likely N-dealkylation sites (tertiary alicyclic amines) is 2. The van der Waals surface area contributed by atoms with Gasteiger partial charge in [-0.25, -0.2) is 0 Å². The molecule has 2 saturated heterocycles. The van der Waals surface area contributed by atoms with Crippen LogP contribution in [-0.2, 0) is 6.61 Å². The molecule has 3 aromatic rings. The van der Waals surface area contributed by atoms with Crippen LogP contribution in [0.4, 0.5) is 0 Å². The van der Waals surface area contributed by atoms with Crippen LogP contribution in [0.1, 0.15) is 54.6 Å². The maximum atomic E-state index is 13.1. The van der Waals surface area contributed by atoms with Gasteiger partial charge in [-0.1, -0.05) is 43.2 Å². The smallest absolute Gasteiger partial charge is 0.267 e. The van der Waals surface area contributed by atoms with E-state index in [0.717, 1.165) is 48.9 Å². The number of benzene rings is 2. The molecule has 37 heavy (non-hydrogen) atoms. The summed E-state index contributed by atoms with van der Waals surface area (Å²) in [6, 6.07) is 16.0. The molecule has 7 heteroatoms. The lowest BCUT2D eigenvalue weighted by Crippen LogP contribution is -2.46. The molecule has 1 aromatic heterocycles. The number of methoxy groups -OCH3 is 1. The van der Waals surface area contributed by atoms with E-state index >= 15 is 0 Å².